The highest BCUT2D eigenvalue weighted by atomic mass is 19.4. The highest BCUT2D eigenvalue weighted by Crippen LogP contribution is 2.55. The molecule has 1 aromatic heterocycles. The summed E-state index contributed by atoms with van der Waals surface area (Å²) < 4.78 is 133. The third-order valence-corrected chi connectivity index (χ3v) is 4.65. The van der Waals surface area contributed by atoms with E-state index in [1.807, 2.05) is 5.32 Å². The summed E-state index contributed by atoms with van der Waals surface area (Å²) in [6.45, 7) is 0. The lowest BCUT2D eigenvalue weighted by Crippen LogP contribution is -2.50. The highest BCUT2D eigenvalue weighted by Gasteiger charge is 2.74. The number of carbonyl (C=O) groups excluding carboxylic acids is 1. The van der Waals surface area contributed by atoms with Crippen LogP contribution in [0.4, 0.5) is 49.6 Å². The fraction of sp³-hybridized carbons (Fsp3) is 0.200. The molecule has 0 aliphatic heterocycles. The number of hydrogen-bond donors (Lipinski definition) is 1. The molecule has 3 nitrogen and oxygen atoms in total. The largest absolute Gasteiger partial charge is 0.435 e. The van der Waals surface area contributed by atoms with Gasteiger partial charge in [-0.15, -0.1) is 0 Å². The van der Waals surface area contributed by atoms with Crippen molar-refractivity contribution >= 4 is 22.5 Å². The van der Waals surface area contributed by atoms with Crippen LogP contribution in [0.1, 0.15) is 21.5 Å². The molecule has 0 aliphatic carbocycles. The van der Waals surface area contributed by atoms with Gasteiger partial charge in [0, 0.05) is 17.1 Å². The molecular formula is C20H10F10N2O. The maximum absolute atomic E-state index is 14.6. The molecular weight excluding hydrogens is 474 g/mol. The Hall–Kier alpha value is -3.38. The Bertz CT molecular complexity index is 1180. The molecule has 0 radical (unpaired) electrons. The van der Waals surface area contributed by atoms with E-state index in [-0.39, 0.29) is 6.07 Å². The minimum Gasteiger partial charge on any atom is -0.320 e. The Morgan fingerprint density at radius 2 is 1.33 bits per heavy atom. The Morgan fingerprint density at radius 1 is 0.727 bits per heavy atom. The van der Waals surface area contributed by atoms with Crippen LogP contribution in [0.25, 0.3) is 10.9 Å². The van der Waals surface area contributed by atoms with Crippen molar-refractivity contribution in [2.75, 3.05) is 5.32 Å². The molecule has 0 bridgehead atoms. The van der Waals surface area contributed by atoms with Gasteiger partial charge in [-0.25, -0.2) is 4.39 Å². The van der Waals surface area contributed by atoms with E-state index in [9.17, 15) is 48.7 Å². The fourth-order valence-corrected chi connectivity index (χ4v) is 3.16. The lowest BCUT2D eigenvalue weighted by Gasteiger charge is -2.31. The first-order valence-corrected chi connectivity index (χ1v) is 8.77. The number of carbonyl (C=O) groups is 1. The molecule has 1 heterocycles. The first kappa shape index (κ1) is 24.3. The number of rotatable bonds is 3. The number of halogens is 10. The van der Waals surface area contributed by atoms with Crippen LogP contribution in [0, 0.1) is 0 Å². The van der Waals surface area contributed by atoms with Crippen LogP contribution in [0.2, 0.25) is 0 Å². The fourth-order valence-electron chi connectivity index (χ4n) is 3.16. The van der Waals surface area contributed by atoms with Crippen LogP contribution in [0.15, 0.2) is 54.7 Å². The van der Waals surface area contributed by atoms with Crippen LogP contribution in [0.5, 0.6) is 0 Å². The maximum atomic E-state index is 14.6. The first-order valence-electron chi connectivity index (χ1n) is 8.77. The number of benzene rings is 2. The van der Waals surface area contributed by atoms with E-state index in [4.69, 9.17) is 0 Å². The lowest BCUT2D eigenvalue weighted by molar-refractivity contribution is -0.348. The summed E-state index contributed by atoms with van der Waals surface area (Å²) >= 11 is 0. The Kier molecular flexibility index (Phi) is 5.80. The smallest absolute Gasteiger partial charge is 0.320 e. The molecule has 0 spiro atoms. The summed E-state index contributed by atoms with van der Waals surface area (Å²) in [6, 6.07) is 5.86. The second-order valence-corrected chi connectivity index (χ2v) is 6.71. The van der Waals surface area contributed by atoms with Crippen LogP contribution >= 0.6 is 0 Å². The normalized spacial score (nSPS) is 13.3. The lowest BCUT2D eigenvalue weighted by atomic mass is 9.90. The topological polar surface area (TPSA) is 42.0 Å². The van der Waals surface area contributed by atoms with Crippen molar-refractivity contribution in [1.29, 1.82) is 0 Å². The van der Waals surface area contributed by atoms with Crippen molar-refractivity contribution in [3.8, 4) is 0 Å². The molecule has 3 rings (SSSR count). The van der Waals surface area contributed by atoms with Crippen LogP contribution in [-0.2, 0) is 11.8 Å². The summed E-state index contributed by atoms with van der Waals surface area (Å²) in [7, 11) is 0. The molecule has 2 aromatic carbocycles. The highest BCUT2D eigenvalue weighted by molar-refractivity contribution is 6.09. The Balaban J connectivity index is 2.16. The number of nitrogens with one attached hydrogen (secondary N) is 1. The van der Waals surface area contributed by atoms with Gasteiger partial charge in [-0.3, -0.25) is 9.78 Å². The zero-order valence-electron chi connectivity index (χ0n) is 15.8. The number of aromatic nitrogens is 1. The Morgan fingerprint density at radius 3 is 1.91 bits per heavy atom. The number of hydrogen-bond acceptors (Lipinski definition) is 2. The molecule has 0 aliphatic rings. The molecule has 1 amide bonds. The summed E-state index contributed by atoms with van der Waals surface area (Å²) in [5.74, 6) is -1.36. The third-order valence-electron chi connectivity index (χ3n) is 4.65. The molecule has 0 atom stereocenters. The minimum atomic E-state index is -6.40. The van der Waals surface area contributed by atoms with Crippen molar-refractivity contribution in [3.63, 3.8) is 0 Å². The van der Waals surface area contributed by atoms with Crippen LogP contribution in [0.3, 0.4) is 0 Å². The number of fused-ring (bicyclic) bond motifs is 1. The number of alkyl halides is 10. The van der Waals surface area contributed by atoms with Gasteiger partial charge in [0.15, 0.2) is 0 Å². The van der Waals surface area contributed by atoms with E-state index < -0.39 is 63.4 Å². The van der Waals surface area contributed by atoms with Crippen LogP contribution < -0.4 is 5.32 Å². The molecule has 1 N–H and O–H groups in total. The summed E-state index contributed by atoms with van der Waals surface area (Å²) in [4.78, 5) is 16.1. The van der Waals surface area contributed by atoms with Crippen molar-refractivity contribution in [2.45, 2.75) is 24.2 Å². The molecule has 3 aromatic rings. The van der Waals surface area contributed by atoms with Crippen molar-refractivity contribution in [2.24, 2.45) is 0 Å². The van der Waals surface area contributed by atoms with Gasteiger partial charge in [0.2, 0.25) is 0 Å². The molecule has 33 heavy (non-hydrogen) atoms. The average Bonchev–Trinajstić information content (AvgIpc) is 2.71. The van der Waals surface area contributed by atoms with Gasteiger partial charge in [-0.1, -0.05) is 24.3 Å². The quantitative estimate of drug-likeness (QED) is 0.416. The summed E-state index contributed by atoms with van der Waals surface area (Å²) in [6.07, 6.45) is -16.8. The maximum Gasteiger partial charge on any atom is 0.435 e. The standard InChI is InChI=1S/C20H10F10N2O/c21-17(19(25,26)27,20(28,29)30)12-7-8-14(15-10(12)5-3-9-31-15)32-16(33)11-4-1-2-6-13(11)18(22,23)24/h1-9H,(H,32,33). The third kappa shape index (κ3) is 4.18. The minimum absolute atomic E-state index is 0.149. The number of pyridine rings is 1. The van der Waals surface area contributed by atoms with Gasteiger partial charge >= 0.3 is 24.2 Å². The zero-order valence-corrected chi connectivity index (χ0v) is 15.8. The van der Waals surface area contributed by atoms with Gasteiger partial charge in [0.25, 0.3) is 5.91 Å². The van der Waals surface area contributed by atoms with Gasteiger partial charge in [0.05, 0.1) is 22.3 Å². The van der Waals surface area contributed by atoms with Crippen molar-refractivity contribution in [3.05, 3.63) is 71.4 Å². The molecule has 0 saturated carbocycles. The zero-order chi connectivity index (χ0) is 24.8. The van der Waals surface area contributed by atoms with E-state index >= 15 is 0 Å². The molecule has 13 heteroatoms. The molecule has 0 saturated heterocycles. The van der Waals surface area contributed by atoms with E-state index in [0.717, 1.165) is 30.5 Å². The van der Waals surface area contributed by atoms with Gasteiger partial charge in [-0.2, -0.15) is 39.5 Å². The summed E-state index contributed by atoms with van der Waals surface area (Å²) in [5.41, 5.74) is -11.0. The first-order chi connectivity index (χ1) is 15.1. The van der Waals surface area contributed by atoms with Crippen molar-refractivity contribution < 1.29 is 48.7 Å². The van der Waals surface area contributed by atoms with E-state index in [1.54, 1.807) is 0 Å². The monoisotopic (exact) mass is 484 g/mol. The van der Waals surface area contributed by atoms with Gasteiger partial charge in [0.1, 0.15) is 0 Å². The van der Waals surface area contributed by atoms with E-state index in [2.05, 4.69) is 4.98 Å². The Labute approximate surface area is 178 Å². The van der Waals surface area contributed by atoms with Gasteiger partial charge in [-0.05, 0) is 24.3 Å². The number of anilines is 1. The molecule has 0 unspecified atom stereocenters. The molecule has 176 valence electrons. The van der Waals surface area contributed by atoms with Crippen molar-refractivity contribution in [1.82, 2.24) is 4.98 Å². The number of nitrogens with zero attached hydrogens (tertiary/aromatic N) is 1. The van der Waals surface area contributed by atoms with Gasteiger partial charge < -0.3 is 5.32 Å². The SMILES string of the molecule is O=C(Nc1ccc(C(F)(C(F)(F)F)C(F)(F)F)c2cccnc12)c1ccccc1C(F)(F)F. The predicted molar refractivity (Wildman–Crippen MR) is 96.0 cm³/mol. The second kappa shape index (κ2) is 7.89. The number of amides is 1. The second-order valence-electron chi connectivity index (χ2n) is 6.71. The van der Waals surface area contributed by atoms with E-state index in [0.29, 0.717) is 18.2 Å². The predicted octanol–water partition coefficient (Wildman–Crippen LogP) is 6.80. The van der Waals surface area contributed by atoms with E-state index in [1.165, 1.54) is 0 Å². The average molecular weight is 484 g/mol. The van der Waals surface area contributed by atoms with Crippen LogP contribution in [-0.4, -0.2) is 23.2 Å². The summed E-state index contributed by atoms with van der Waals surface area (Å²) in [5, 5.41) is 1.04. The molecule has 0 fully saturated rings.